The Labute approximate surface area is 133 Å². The Morgan fingerprint density at radius 2 is 2.05 bits per heavy atom. The Bertz CT molecular complexity index is 522. The van der Waals surface area contributed by atoms with E-state index in [1.807, 2.05) is 6.92 Å². The molecule has 0 radical (unpaired) electrons. The number of aryl methyl sites for hydroxylation is 1. The second-order valence-corrected chi connectivity index (χ2v) is 6.69. The largest absolute Gasteiger partial charge is 0.388 e. The minimum absolute atomic E-state index is 0.130. The van der Waals surface area contributed by atoms with Gasteiger partial charge in [0.1, 0.15) is 4.47 Å². The van der Waals surface area contributed by atoms with Crippen molar-refractivity contribution < 1.29 is 5.11 Å². The molecule has 2 N–H and O–H groups in total. The number of anilines is 1. The molecule has 5 nitrogen and oxygen atoms in total. The summed E-state index contributed by atoms with van der Waals surface area (Å²) < 4.78 is 1.94. The van der Waals surface area contributed by atoms with Crippen molar-refractivity contribution in [3.8, 4) is 0 Å². The van der Waals surface area contributed by atoms with Crippen LogP contribution in [-0.2, 0) is 6.54 Å². The highest BCUT2D eigenvalue weighted by molar-refractivity contribution is 9.10. The van der Waals surface area contributed by atoms with Gasteiger partial charge in [-0.15, -0.1) is 0 Å². The minimum Gasteiger partial charge on any atom is -0.388 e. The van der Waals surface area contributed by atoms with Gasteiger partial charge in [0, 0.05) is 13.1 Å². The Morgan fingerprint density at radius 3 is 2.67 bits per heavy atom. The summed E-state index contributed by atoms with van der Waals surface area (Å²) in [7, 11) is 0. The Kier molecular flexibility index (Phi) is 5.81. The first-order valence-electron chi connectivity index (χ1n) is 7.77. The summed E-state index contributed by atoms with van der Waals surface area (Å²) in [6.07, 6.45) is 8.68. The minimum atomic E-state index is -0.672. The summed E-state index contributed by atoms with van der Waals surface area (Å²) in [4.78, 5) is 12.1. The molecule has 1 aliphatic rings. The number of aliphatic hydroxyl groups is 1. The molecule has 2 rings (SSSR count). The molecule has 21 heavy (non-hydrogen) atoms. The molecule has 6 heteroatoms. The van der Waals surface area contributed by atoms with Crippen molar-refractivity contribution in [1.29, 1.82) is 0 Å². The second kappa shape index (κ2) is 7.40. The maximum Gasteiger partial charge on any atom is 0.283 e. The van der Waals surface area contributed by atoms with Crippen LogP contribution in [0.15, 0.2) is 15.5 Å². The number of hydrogen-bond acceptors (Lipinski definition) is 4. The first-order valence-corrected chi connectivity index (χ1v) is 8.57. The summed E-state index contributed by atoms with van der Waals surface area (Å²) in [5, 5.41) is 18.0. The highest BCUT2D eigenvalue weighted by Gasteiger charge is 2.28. The first-order chi connectivity index (χ1) is 10.1. The number of hydrogen-bond donors (Lipinski definition) is 2. The number of nitrogens with one attached hydrogen (secondary N) is 1. The normalized spacial score (nSPS) is 18.2. The van der Waals surface area contributed by atoms with E-state index in [1.54, 1.807) is 6.20 Å². The van der Waals surface area contributed by atoms with Gasteiger partial charge in [-0.2, -0.15) is 5.10 Å². The van der Waals surface area contributed by atoms with Crippen molar-refractivity contribution in [1.82, 2.24) is 9.78 Å². The van der Waals surface area contributed by atoms with E-state index >= 15 is 0 Å². The quantitative estimate of drug-likeness (QED) is 0.795. The van der Waals surface area contributed by atoms with Gasteiger partial charge >= 0.3 is 0 Å². The van der Waals surface area contributed by atoms with Gasteiger partial charge in [0.15, 0.2) is 0 Å². The fraction of sp³-hybridized carbons (Fsp3) is 0.733. The molecule has 1 fully saturated rings. The van der Waals surface area contributed by atoms with Gasteiger partial charge in [0.25, 0.3) is 5.56 Å². The summed E-state index contributed by atoms with van der Waals surface area (Å²) >= 11 is 3.34. The van der Waals surface area contributed by atoms with Crippen LogP contribution in [-0.4, -0.2) is 27.0 Å². The Morgan fingerprint density at radius 1 is 1.38 bits per heavy atom. The van der Waals surface area contributed by atoms with Crippen molar-refractivity contribution in [3.63, 3.8) is 0 Å². The van der Waals surface area contributed by atoms with Crippen LogP contribution in [0.3, 0.4) is 0 Å². The molecule has 1 aliphatic carbocycles. The van der Waals surface area contributed by atoms with E-state index in [2.05, 4.69) is 26.3 Å². The fourth-order valence-corrected chi connectivity index (χ4v) is 3.23. The van der Waals surface area contributed by atoms with Crippen LogP contribution in [0.1, 0.15) is 51.9 Å². The zero-order valence-electron chi connectivity index (χ0n) is 12.6. The van der Waals surface area contributed by atoms with Gasteiger partial charge in [-0.25, -0.2) is 4.68 Å². The molecule has 0 amide bonds. The molecule has 0 unspecified atom stereocenters. The van der Waals surface area contributed by atoms with Crippen molar-refractivity contribution in [2.75, 3.05) is 11.9 Å². The maximum atomic E-state index is 12.1. The molecule has 0 spiro atoms. The topological polar surface area (TPSA) is 67.2 Å². The molecule has 0 aliphatic heterocycles. The predicted octanol–water partition coefficient (Wildman–Crippen LogP) is 2.91. The average molecular weight is 358 g/mol. The molecule has 1 aromatic rings. The highest BCUT2D eigenvalue weighted by Crippen LogP contribution is 2.28. The summed E-state index contributed by atoms with van der Waals surface area (Å²) in [5.41, 5.74) is -0.145. The zero-order valence-corrected chi connectivity index (χ0v) is 14.2. The van der Waals surface area contributed by atoms with Crippen LogP contribution < -0.4 is 10.9 Å². The van der Waals surface area contributed by atoms with Gasteiger partial charge in [0.2, 0.25) is 0 Å². The molecule has 1 saturated carbocycles. The lowest BCUT2D eigenvalue weighted by Gasteiger charge is -2.27. The number of halogens is 1. The van der Waals surface area contributed by atoms with Gasteiger partial charge in [0.05, 0.1) is 17.5 Å². The third kappa shape index (κ3) is 4.30. The van der Waals surface area contributed by atoms with Gasteiger partial charge in [-0.3, -0.25) is 4.79 Å². The third-order valence-electron chi connectivity index (χ3n) is 4.06. The zero-order chi connectivity index (χ0) is 15.3. The lowest BCUT2D eigenvalue weighted by molar-refractivity contribution is 0.0381. The molecule has 0 saturated heterocycles. The van der Waals surface area contributed by atoms with Gasteiger partial charge in [-0.05, 0) is 35.2 Å². The van der Waals surface area contributed by atoms with E-state index in [9.17, 15) is 9.90 Å². The van der Waals surface area contributed by atoms with Crippen LogP contribution in [0.25, 0.3) is 0 Å². The Balaban J connectivity index is 2.06. The SMILES string of the molecule is CCCn1ncc(NCC2(O)CCCCCC2)c(Br)c1=O. The van der Waals surface area contributed by atoms with Crippen LogP contribution in [0.5, 0.6) is 0 Å². The van der Waals surface area contributed by atoms with E-state index in [4.69, 9.17) is 0 Å². The summed E-state index contributed by atoms with van der Waals surface area (Å²) in [6, 6.07) is 0. The first kappa shape index (κ1) is 16.5. The lowest BCUT2D eigenvalue weighted by atomic mass is 9.94. The molecule has 118 valence electrons. The fourth-order valence-electron chi connectivity index (χ4n) is 2.78. The van der Waals surface area contributed by atoms with Crippen molar-refractivity contribution in [2.45, 2.75) is 64.0 Å². The van der Waals surface area contributed by atoms with E-state index in [-0.39, 0.29) is 5.56 Å². The molecular weight excluding hydrogens is 334 g/mol. The molecule has 0 aromatic carbocycles. The van der Waals surface area contributed by atoms with Crippen molar-refractivity contribution in [3.05, 3.63) is 21.0 Å². The molecule has 0 atom stereocenters. The number of aromatic nitrogens is 2. The molecule has 1 heterocycles. The number of nitrogens with zero attached hydrogens (tertiary/aromatic N) is 2. The van der Waals surface area contributed by atoms with Gasteiger partial charge in [-0.1, -0.05) is 32.6 Å². The van der Waals surface area contributed by atoms with E-state index in [1.165, 1.54) is 17.5 Å². The molecule has 1 aromatic heterocycles. The van der Waals surface area contributed by atoms with E-state index < -0.39 is 5.60 Å². The maximum absolute atomic E-state index is 12.1. The third-order valence-corrected chi connectivity index (χ3v) is 4.83. The second-order valence-electron chi connectivity index (χ2n) is 5.89. The average Bonchev–Trinajstić information content (AvgIpc) is 2.69. The molecular formula is C15H24BrN3O2. The highest BCUT2D eigenvalue weighted by atomic mass is 79.9. The van der Waals surface area contributed by atoms with Crippen LogP contribution in [0, 0.1) is 0 Å². The summed E-state index contributed by atoms with van der Waals surface area (Å²) in [6.45, 7) is 3.09. The van der Waals surface area contributed by atoms with Gasteiger partial charge < -0.3 is 10.4 Å². The smallest absolute Gasteiger partial charge is 0.283 e. The monoisotopic (exact) mass is 357 g/mol. The summed E-state index contributed by atoms with van der Waals surface area (Å²) in [5.74, 6) is 0. The van der Waals surface area contributed by atoms with Crippen LogP contribution in [0.2, 0.25) is 0 Å². The van der Waals surface area contributed by atoms with Crippen molar-refractivity contribution in [2.24, 2.45) is 0 Å². The van der Waals surface area contributed by atoms with Crippen LogP contribution >= 0.6 is 15.9 Å². The lowest BCUT2D eigenvalue weighted by Crippen LogP contribution is -2.37. The van der Waals surface area contributed by atoms with E-state index in [0.29, 0.717) is 23.2 Å². The van der Waals surface area contributed by atoms with Crippen molar-refractivity contribution >= 4 is 21.6 Å². The Hall–Kier alpha value is -0.880. The van der Waals surface area contributed by atoms with E-state index in [0.717, 1.165) is 32.1 Å². The predicted molar refractivity (Wildman–Crippen MR) is 87.6 cm³/mol. The van der Waals surface area contributed by atoms with Crippen LogP contribution in [0.4, 0.5) is 5.69 Å². The molecule has 0 bridgehead atoms. The standard InChI is InChI=1S/C15H24BrN3O2/c1-2-9-19-14(20)13(16)12(10-18-19)17-11-15(21)7-5-3-4-6-8-15/h10,17,21H,2-9,11H2,1H3. The number of rotatable bonds is 5.